The van der Waals surface area contributed by atoms with E-state index in [1.54, 1.807) is 6.92 Å². The molecule has 1 aromatic rings. The second kappa shape index (κ2) is 8.17. The van der Waals surface area contributed by atoms with Gasteiger partial charge in [-0.3, -0.25) is 4.79 Å². The van der Waals surface area contributed by atoms with Gasteiger partial charge in [0.05, 0.1) is 28.9 Å². The van der Waals surface area contributed by atoms with Crippen LogP contribution in [0.4, 0.5) is 0 Å². The topological polar surface area (TPSA) is 26.3 Å². The van der Waals surface area contributed by atoms with Crippen LogP contribution in [0.25, 0.3) is 0 Å². The van der Waals surface area contributed by atoms with Crippen molar-refractivity contribution >= 4 is 47.0 Å². The number of rotatable bonds is 8. The summed E-state index contributed by atoms with van der Waals surface area (Å²) in [6, 6.07) is 10.1. The third-order valence-electron chi connectivity index (χ3n) is 5.25. The summed E-state index contributed by atoms with van der Waals surface area (Å²) < 4.78 is 7.31. The van der Waals surface area contributed by atoms with Crippen LogP contribution in [0.3, 0.4) is 0 Å². The Bertz CT molecular complexity index is 579. The van der Waals surface area contributed by atoms with Crippen molar-refractivity contribution in [2.75, 3.05) is 0 Å². The number of alkyl halides is 1. The maximum Gasteiger partial charge on any atom is 0.159 e. The minimum Gasteiger partial charge on any atom is -0.417 e. The van der Waals surface area contributed by atoms with Crippen LogP contribution in [0.5, 0.6) is 0 Å². The smallest absolute Gasteiger partial charge is 0.159 e. The Morgan fingerprint density at radius 1 is 0.846 bits per heavy atom. The monoisotopic (exact) mass is 444 g/mol. The molecular weight excluding hydrogens is 408 g/mol. The van der Waals surface area contributed by atoms with Gasteiger partial charge in [0.15, 0.2) is 12.7 Å². The molecule has 0 N–H and O–H groups in total. The van der Waals surface area contributed by atoms with Crippen molar-refractivity contribution < 1.29 is 9.22 Å². The van der Waals surface area contributed by atoms with Crippen molar-refractivity contribution in [3.05, 3.63) is 35.9 Å². The summed E-state index contributed by atoms with van der Waals surface area (Å²) in [5.41, 5.74) is 1.04. The molecule has 0 spiro atoms. The summed E-state index contributed by atoms with van der Waals surface area (Å²) in [5.74, 6) is -0.00912. The highest BCUT2D eigenvalue weighted by Gasteiger charge is 2.64. The number of carbonyl (C=O) groups is 1. The molecule has 1 aromatic carbocycles. The highest BCUT2D eigenvalue weighted by molar-refractivity contribution is 7.87. The zero-order chi connectivity index (χ0) is 20.6. The minimum absolute atomic E-state index is 0.00912. The van der Waals surface area contributed by atoms with Gasteiger partial charge in [-0.05, 0) is 12.5 Å². The molecule has 0 heterocycles. The number of hydrogen-bond acceptors (Lipinski definition) is 2. The number of carbonyl (C=O) groups excluding carboxylic acids is 1. The first-order valence-corrected chi connectivity index (χ1v) is 25.3. The molecule has 0 fully saturated rings. The SMILES string of the molecule is CC(=O)C(Cl)C(O[Si]([Si](C)(C)C)([Si](C)(C)C)[Si](C)(C)C)c1ccccc1. The second-order valence-electron chi connectivity index (χ2n) is 10.4. The van der Waals surface area contributed by atoms with Gasteiger partial charge in [0.2, 0.25) is 0 Å². The first-order valence-electron chi connectivity index (χ1n) is 9.43. The zero-order valence-corrected chi connectivity index (χ0v) is 23.0. The van der Waals surface area contributed by atoms with Crippen molar-refractivity contribution in [3.8, 4) is 0 Å². The molecule has 1 rings (SSSR count). The Morgan fingerprint density at radius 2 is 1.23 bits per heavy atom. The highest BCUT2D eigenvalue weighted by atomic mass is 35.5. The fraction of sp³-hybridized carbons (Fsp3) is 0.632. The van der Waals surface area contributed by atoms with E-state index < -0.39 is 35.0 Å². The van der Waals surface area contributed by atoms with E-state index in [0.29, 0.717) is 0 Å². The van der Waals surface area contributed by atoms with Crippen LogP contribution in [-0.2, 0) is 9.22 Å². The third-order valence-corrected chi connectivity index (χ3v) is 73.3. The molecule has 0 amide bonds. The minimum atomic E-state index is -2.07. The number of halogens is 1. The van der Waals surface area contributed by atoms with E-state index in [9.17, 15) is 4.79 Å². The molecular formula is C19H37ClO2Si4. The molecule has 0 aliphatic rings. The number of hydrogen-bond donors (Lipinski definition) is 0. The summed E-state index contributed by atoms with van der Waals surface area (Å²) in [5, 5.41) is -0.631. The second-order valence-corrected chi connectivity index (χ2v) is 50.3. The first-order chi connectivity index (χ1) is 11.6. The van der Waals surface area contributed by atoms with Crippen molar-refractivity contribution in [1.82, 2.24) is 0 Å². The standard InChI is InChI=1S/C19H37ClO2Si4/c1-16(21)18(20)19(17-14-12-11-13-15-17)22-26(23(2,3)4,24(5,6)7)25(8,9)10/h11-15,18-19H,1-10H3. The molecule has 0 saturated heterocycles. The van der Waals surface area contributed by atoms with Crippen LogP contribution in [0.15, 0.2) is 30.3 Å². The Labute approximate surface area is 169 Å². The maximum atomic E-state index is 12.2. The van der Waals surface area contributed by atoms with Crippen LogP contribution in [0, 0.1) is 0 Å². The molecule has 0 aromatic heterocycles. The van der Waals surface area contributed by atoms with Crippen LogP contribution in [0.1, 0.15) is 18.6 Å². The van der Waals surface area contributed by atoms with Crippen LogP contribution >= 0.6 is 11.6 Å². The largest absolute Gasteiger partial charge is 0.417 e. The fourth-order valence-corrected chi connectivity index (χ4v) is 99.3. The van der Waals surface area contributed by atoms with E-state index in [0.717, 1.165) is 5.56 Å². The van der Waals surface area contributed by atoms with Crippen molar-refractivity contribution in [1.29, 1.82) is 0 Å². The fourth-order valence-electron chi connectivity index (χ4n) is 5.25. The lowest BCUT2D eigenvalue weighted by Crippen LogP contribution is -2.84. The van der Waals surface area contributed by atoms with E-state index in [1.165, 1.54) is 0 Å². The molecule has 26 heavy (non-hydrogen) atoms. The van der Waals surface area contributed by atoms with Crippen LogP contribution in [-0.4, -0.2) is 40.8 Å². The summed E-state index contributed by atoms with van der Waals surface area (Å²) in [7, 11) is -4.84. The van der Waals surface area contributed by atoms with Crippen molar-refractivity contribution in [2.45, 2.75) is 77.3 Å². The van der Waals surface area contributed by atoms with Gasteiger partial charge in [-0.1, -0.05) is 89.3 Å². The van der Waals surface area contributed by atoms with Gasteiger partial charge in [-0.15, -0.1) is 11.6 Å². The van der Waals surface area contributed by atoms with Gasteiger partial charge < -0.3 is 4.43 Å². The Balaban J connectivity index is 3.67. The van der Waals surface area contributed by atoms with E-state index >= 15 is 0 Å². The van der Waals surface area contributed by atoms with E-state index in [4.69, 9.17) is 16.0 Å². The molecule has 0 aliphatic heterocycles. The molecule has 0 aliphatic carbocycles. The van der Waals surface area contributed by atoms with Gasteiger partial charge in [0.1, 0.15) is 5.38 Å². The van der Waals surface area contributed by atoms with Gasteiger partial charge >= 0.3 is 0 Å². The first kappa shape index (κ1) is 24.0. The Hall–Kier alpha value is 0.00753. The number of Topliss-reactive ketones (excluding diaryl/α,β-unsaturated/α-hetero) is 1. The van der Waals surface area contributed by atoms with Gasteiger partial charge in [0, 0.05) is 0 Å². The van der Waals surface area contributed by atoms with E-state index in [2.05, 4.69) is 71.1 Å². The molecule has 0 radical (unpaired) electrons. The number of benzene rings is 1. The molecule has 0 saturated carbocycles. The summed E-state index contributed by atoms with van der Waals surface area (Å²) in [6.45, 7) is 21.8. The van der Waals surface area contributed by atoms with E-state index in [-0.39, 0.29) is 11.9 Å². The van der Waals surface area contributed by atoms with Gasteiger partial charge in [-0.2, -0.15) is 0 Å². The van der Waals surface area contributed by atoms with E-state index in [1.807, 2.05) is 18.2 Å². The summed E-state index contributed by atoms with van der Waals surface area (Å²) >= 11 is 6.67. The Kier molecular flexibility index (Phi) is 7.55. The average molecular weight is 445 g/mol. The number of ketones is 1. The molecule has 7 heteroatoms. The molecule has 2 atom stereocenters. The predicted octanol–water partition coefficient (Wildman–Crippen LogP) is 6.14. The summed E-state index contributed by atoms with van der Waals surface area (Å²) in [4.78, 5) is 12.2. The highest BCUT2D eigenvalue weighted by Crippen LogP contribution is 2.42. The normalized spacial score (nSPS) is 16.3. The van der Waals surface area contributed by atoms with Crippen LogP contribution < -0.4 is 0 Å². The molecule has 0 bridgehead atoms. The predicted molar refractivity (Wildman–Crippen MR) is 126 cm³/mol. The summed E-state index contributed by atoms with van der Waals surface area (Å²) in [6.07, 6.45) is -0.341. The third kappa shape index (κ3) is 4.70. The maximum absolute atomic E-state index is 12.2. The molecule has 2 nitrogen and oxygen atoms in total. The zero-order valence-electron chi connectivity index (χ0n) is 18.2. The van der Waals surface area contributed by atoms with Gasteiger partial charge in [-0.25, -0.2) is 0 Å². The van der Waals surface area contributed by atoms with Crippen molar-refractivity contribution in [2.24, 2.45) is 0 Å². The lowest BCUT2D eigenvalue weighted by Gasteiger charge is -2.57. The quantitative estimate of drug-likeness (QED) is 0.355. The molecule has 148 valence electrons. The molecule has 2 unspecified atom stereocenters. The lowest BCUT2D eigenvalue weighted by molar-refractivity contribution is -0.118. The average Bonchev–Trinajstić information content (AvgIpc) is 2.44. The van der Waals surface area contributed by atoms with Gasteiger partial charge in [0.25, 0.3) is 0 Å². The van der Waals surface area contributed by atoms with Crippen molar-refractivity contribution in [3.63, 3.8) is 0 Å². The lowest BCUT2D eigenvalue weighted by atomic mass is 10.0. The Morgan fingerprint density at radius 3 is 1.54 bits per heavy atom. The van der Waals surface area contributed by atoms with Crippen LogP contribution in [0.2, 0.25) is 58.9 Å².